The van der Waals surface area contributed by atoms with Crippen LogP contribution in [0.3, 0.4) is 0 Å². The van der Waals surface area contributed by atoms with Crippen LogP contribution < -0.4 is 4.74 Å². The Balaban J connectivity index is 1.54. The number of hydrogen-bond acceptors (Lipinski definition) is 4. The number of hydrogen-bond donors (Lipinski definition) is 0. The molecule has 0 saturated heterocycles. The number of halogens is 2. The van der Waals surface area contributed by atoms with Gasteiger partial charge in [0.2, 0.25) is 5.91 Å². The second-order valence-corrected chi connectivity index (χ2v) is 11.0. The number of rotatable bonds is 8. The van der Waals surface area contributed by atoms with E-state index in [-0.39, 0.29) is 30.4 Å². The van der Waals surface area contributed by atoms with Crippen molar-refractivity contribution in [1.29, 1.82) is 0 Å². The lowest BCUT2D eigenvalue weighted by Crippen LogP contribution is -2.49. The molecule has 5 nitrogen and oxygen atoms in total. The topological polar surface area (TPSA) is 49.9 Å². The molecule has 1 aliphatic rings. The highest BCUT2D eigenvalue weighted by atomic mass is 79.9. The van der Waals surface area contributed by atoms with Crippen molar-refractivity contribution in [2.75, 3.05) is 19.7 Å². The zero-order valence-electron chi connectivity index (χ0n) is 19.7. The number of carbonyl (C=O) groups excluding carboxylic acids is 2. The first kappa shape index (κ1) is 25.7. The highest BCUT2D eigenvalue weighted by Gasteiger charge is 2.34. The van der Waals surface area contributed by atoms with Crippen molar-refractivity contribution < 1.29 is 14.3 Å². The van der Waals surface area contributed by atoms with E-state index in [2.05, 4.69) is 27.4 Å². The molecule has 2 heterocycles. The van der Waals surface area contributed by atoms with Crippen molar-refractivity contribution in [3.63, 3.8) is 0 Å². The number of amides is 2. The van der Waals surface area contributed by atoms with Gasteiger partial charge in [0, 0.05) is 32.5 Å². The molecule has 0 N–H and O–H groups in total. The Morgan fingerprint density at radius 1 is 1.23 bits per heavy atom. The Kier molecular flexibility index (Phi) is 8.52. The third kappa shape index (κ3) is 6.08. The van der Waals surface area contributed by atoms with Gasteiger partial charge >= 0.3 is 0 Å². The first-order valence-electron chi connectivity index (χ1n) is 11.7. The largest absolute Gasteiger partial charge is 0.491 e. The van der Waals surface area contributed by atoms with E-state index in [1.165, 1.54) is 4.88 Å². The zero-order chi connectivity index (χ0) is 24.9. The third-order valence-electron chi connectivity index (χ3n) is 6.40. The minimum Gasteiger partial charge on any atom is -0.491 e. The molecule has 2 amide bonds. The lowest BCUT2D eigenvalue weighted by molar-refractivity contribution is -0.136. The van der Waals surface area contributed by atoms with Crippen LogP contribution in [0.2, 0.25) is 5.02 Å². The van der Waals surface area contributed by atoms with Crippen LogP contribution in [0, 0.1) is 0 Å². The van der Waals surface area contributed by atoms with Gasteiger partial charge in [-0.2, -0.15) is 0 Å². The molecule has 35 heavy (non-hydrogen) atoms. The summed E-state index contributed by atoms with van der Waals surface area (Å²) < 4.78 is 6.91. The molecule has 3 aromatic rings. The molecule has 1 aliphatic heterocycles. The first-order valence-corrected chi connectivity index (χ1v) is 13.7. The Morgan fingerprint density at radius 3 is 2.71 bits per heavy atom. The van der Waals surface area contributed by atoms with Crippen molar-refractivity contribution in [3.05, 3.63) is 85.5 Å². The van der Waals surface area contributed by atoms with Gasteiger partial charge in [-0.15, -0.1) is 11.3 Å². The zero-order valence-corrected chi connectivity index (χ0v) is 22.9. The fourth-order valence-corrected chi connectivity index (χ4v) is 5.71. The summed E-state index contributed by atoms with van der Waals surface area (Å²) in [6.07, 6.45) is 1.56. The average molecular weight is 576 g/mol. The van der Waals surface area contributed by atoms with Crippen LogP contribution in [0.15, 0.2) is 64.5 Å². The van der Waals surface area contributed by atoms with E-state index in [1.807, 2.05) is 43.0 Å². The molecule has 0 bridgehead atoms. The van der Waals surface area contributed by atoms with Gasteiger partial charge < -0.3 is 14.5 Å². The minimum atomic E-state index is -0.215. The van der Waals surface area contributed by atoms with Gasteiger partial charge in [0.05, 0.1) is 6.04 Å². The van der Waals surface area contributed by atoms with Gasteiger partial charge in [-0.3, -0.25) is 9.59 Å². The van der Waals surface area contributed by atoms with Gasteiger partial charge in [-0.25, -0.2) is 0 Å². The SMILES string of the molecule is CC[C@H](C)N(CC(=O)N1CCc2sccc2[C@@H]1COc1ccc(Cl)cc1)C(=O)c1cccc(Br)c1. The molecule has 0 fully saturated rings. The maximum atomic E-state index is 13.7. The number of thiophene rings is 1. The van der Waals surface area contributed by atoms with Crippen LogP contribution in [-0.4, -0.2) is 47.4 Å². The maximum Gasteiger partial charge on any atom is 0.254 e. The van der Waals surface area contributed by atoms with Gasteiger partial charge in [-0.05, 0) is 79.2 Å². The van der Waals surface area contributed by atoms with E-state index < -0.39 is 0 Å². The molecule has 2 aromatic carbocycles. The van der Waals surface area contributed by atoms with Crippen LogP contribution in [0.4, 0.5) is 0 Å². The van der Waals surface area contributed by atoms with Crippen LogP contribution >= 0.6 is 38.9 Å². The lowest BCUT2D eigenvalue weighted by Gasteiger charge is -2.38. The molecule has 0 radical (unpaired) electrons. The standard InChI is InChI=1S/C27H28BrClN2O3S/c1-3-18(2)31(27(33)19-5-4-6-20(28)15-19)16-26(32)30-13-11-25-23(12-14-35-25)24(30)17-34-22-9-7-21(29)8-10-22/h4-10,12,14-15,18,24H,3,11,13,16-17H2,1-2H3/t18-,24-/m0/s1. The minimum absolute atomic E-state index is 0.0251. The van der Waals surface area contributed by atoms with E-state index in [0.29, 0.717) is 29.5 Å². The summed E-state index contributed by atoms with van der Waals surface area (Å²) in [7, 11) is 0. The quantitative estimate of drug-likeness (QED) is 0.304. The third-order valence-corrected chi connectivity index (χ3v) is 8.14. The van der Waals surface area contributed by atoms with Crippen LogP contribution in [-0.2, 0) is 11.2 Å². The van der Waals surface area contributed by atoms with E-state index in [4.69, 9.17) is 16.3 Å². The molecule has 4 rings (SSSR count). The molecule has 0 aliphatic carbocycles. The van der Waals surface area contributed by atoms with Crippen LogP contribution in [0.1, 0.15) is 47.1 Å². The Morgan fingerprint density at radius 2 is 2.00 bits per heavy atom. The van der Waals surface area contributed by atoms with Crippen LogP contribution in [0.5, 0.6) is 5.75 Å². The van der Waals surface area contributed by atoms with Crippen molar-refractivity contribution >= 4 is 50.7 Å². The van der Waals surface area contributed by atoms with E-state index in [9.17, 15) is 9.59 Å². The fourth-order valence-electron chi connectivity index (χ4n) is 4.25. The van der Waals surface area contributed by atoms with Crippen molar-refractivity contribution in [3.8, 4) is 5.75 Å². The van der Waals surface area contributed by atoms with Gasteiger partial charge in [-0.1, -0.05) is 40.5 Å². The molecule has 184 valence electrons. The Labute approximate surface area is 223 Å². The number of carbonyl (C=O) groups is 2. The predicted octanol–water partition coefficient (Wildman–Crippen LogP) is 6.61. The molecular formula is C27H28BrClN2O3S. The number of nitrogens with zero attached hydrogens (tertiary/aromatic N) is 2. The van der Waals surface area contributed by atoms with E-state index in [0.717, 1.165) is 22.9 Å². The summed E-state index contributed by atoms with van der Waals surface area (Å²) >= 11 is 11.2. The van der Waals surface area contributed by atoms with Crippen molar-refractivity contribution in [2.24, 2.45) is 0 Å². The van der Waals surface area contributed by atoms with Crippen molar-refractivity contribution in [1.82, 2.24) is 9.80 Å². The lowest BCUT2D eigenvalue weighted by atomic mass is 10.00. The predicted molar refractivity (Wildman–Crippen MR) is 144 cm³/mol. The molecular weight excluding hydrogens is 548 g/mol. The first-order chi connectivity index (χ1) is 16.9. The highest BCUT2D eigenvalue weighted by Crippen LogP contribution is 2.34. The van der Waals surface area contributed by atoms with Gasteiger partial charge in [0.15, 0.2) is 0 Å². The average Bonchev–Trinajstić information content (AvgIpc) is 3.35. The van der Waals surface area contributed by atoms with Crippen LogP contribution in [0.25, 0.3) is 0 Å². The molecule has 1 aromatic heterocycles. The number of ether oxygens (including phenoxy) is 1. The second-order valence-electron chi connectivity index (χ2n) is 8.62. The molecule has 0 spiro atoms. The molecule has 8 heteroatoms. The summed E-state index contributed by atoms with van der Waals surface area (Å²) in [6, 6.07) is 16.3. The molecule has 0 saturated carbocycles. The van der Waals surface area contributed by atoms with E-state index in [1.54, 1.807) is 40.5 Å². The maximum absolute atomic E-state index is 13.7. The molecule has 0 unspecified atom stereocenters. The number of benzene rings is 2. The summed E-state index contributed by atoms with van der Waals surface area (Å²) in [5.74, 6) is 0.488. The monoisotopic (exact) mass is 574 g/mol. The Hall–Kier alpha value is -2.35. The molecule has 2 atom stereocenters. The summed E-state index contributed by atoms with van der Waals surface area (Å²) in [5, 5.41) is 2.71. The van der Waals surface area contributed by atoms with Gasteiger partial charge in [0.1, 0.15) is 18.9 Å². The fraction of sp³-hybridized carbons (Fsp3) is 0.333. The van der Waals surface area contributed by atoms with E-state index >= 15 is 0 Å². The normalized spacial score (nSPS) is 15.9. The smallest absolute Gasteiger partial charge is 0.254 e. The Bertz CT molecular complexity index is 1180. The van der Waals surface area contributed by atoms with Gasteiger partial charge in [0.25, 0.3) is 5.91 Å². The summed E-state index contributed by atoms with van der Waals surface area (Å²) in [5.41, 5.74) is 1.69. The summed E-state index contributed by atoms with van der Waals surface area (Å²) in [4.78, 5) is 31.9. The highest BCUT2D eigenvalue weighted by molar-refractivity contribution is 9.10. The second kappa shape index (κ2) is 11.6. The number of fused-ring (bicyclic) bond motifs is 1. The summed E-state index contributed by atoms with van der Waals surface area (Å²) in [6.45, 7) is 4.97. The van der Waals surface area contributed by atoms with Crippen molar-refractivity contribution in [2.45, 2.75) is 38.8 Å².